The normalized spacial score (nSPS) is 17.3. The van der Waals surface area contributed by atoms with Crippen LogP contribution in [-0.4, -0.2) is 30.6 Å². The molecule has 0 aromatic heterocycles. The Bertz CT molecular complexity index is 62.0. The number of hydrogen-bond acceptors (Lipinski definition) is 4. The van der Waals surface area contributed by atoms with Crippen LogP contribution in [0.25, 0.3) is 0 Å². The monoisotopic (exact) mass is 134 g/mol. The SMILES string of the molecule is CC(CN)OC(O)CN. The van der Waals surface area contributed by atoms with Crippen LogP contribution in [0, 0.1) is 0 Å². The summed E-state index contributed by atoms with van der Waals surface area (Å²) in [6, 6.07) is 0. The van der Waals surface area contributed by atoms with Gasteiger partial charge in [-0.1, -0.05) is 0 Å². The first-order valence-corrected chi connectivity index (χ1v) is 2.94. The molecule has 0 aromatic rings. The summed E-state index contributed by atoms with van der Waals surface area (Å²) >= 11 is 0. The van der Waals surface area contributed by atoms with Crippen molar-refractivity contribution in [2.24, 2.45) is 11.5 Å². The predicted molar refractivity (Wildman–Crippen MR) is 34.7 cm³/mol. The van der Waals surface area contributed by atoms with E-state index in [9.17, 15) is 0 Å². The van der Waals surface area contributed by atoms with Crippen LogP contribution in [0.3, 0.4) is 0 Å². The van der Waals surface area contributed by atoms with Crippen LogP contribution in [0.5, 0.6) is 0 Å². The zero-order chi connectivity index (χ0) is 7.28. The Hall–Kier alpha value is -0.160. The average molecular weight is 134 g/mol. The van der Waals surface area contributed by atoms with Crippen LogP contribution in [0.1, 0.15) is 6.92 Å². The number of rotatable bonds is 4. The van der Waals surface area contributed by atoms with Gasteiger partial charge >= 0.3 is 0 Å². The first-order chi connectivity index (χ1) is 4.20. The van der Waals surface area contributed by atoms with Gasteiger partial charge in [-0.2, -0.15) is 0 Å². The van der Waals surface area contributed by atoms with Crippen molar-refractivity contribution >= 4 is 0 Å². The second-order valence-electron chi connectivity index (χ2n) is 1.87. The molecule has 0 aliphatic carbocycles. The summed E-state index contributed by atoms with van der Waals surface area (Å²) in [7, 11) is 0. The lowest BCUT2D eigenvalue weighted by Gasteiger charge is -2.14. The zero-order valence-electron chi connectivity index (χ0n) is 5.58. The fraction of sp³-hybridized carbons (Fsp3) is 1.00. The van der Waals surface area contributed by atoms with Gasteiger partial charge in [-0.25, -0.2) is 0 Å². The van der Waals surface area contributed by atoms with Gasteiger partial charge in [-0.05, 0) is 6.92 Å². The van der Waals surface area contributed by atoms with Gasteiger partial charge in [0, 0.05) is 13.1 Å². The van der Waals surface area contributed by atoms with E-state index in [4.69, 9.17) is 21.3 Å². The van der Waals surface area contributed by atoms with Crippen molar-refractivity contribution in [1.29, 1.82) is 0 Å². The van der Waals surface area contributed by atoms with Gasteiger partial charge in [0.25, 0.3) is 0 Å². The van der Waals surface area contributed by atoms with Crippen LogP contribution in [0.4, 0.5) is 0 Å². The molecule has 0 fully saturated rings. The first kappa shape index (κ1) is 8.84. The highest BCUT2D eigenvalue weighted by Crippen LogP contribution is 1.90. The van der Waals surface area contributed by atoms with Gasteiger partial charge < -0.3 is 21.3 Å². The molecule has 0 amide bonds. The van der Waals surface area contributed by atoms with Crippen LogP contribution in [0.15, 0.2) is 0 Å². The summed E-state index contributed by atoms with van der Waals surface area (Å²) in [6.07, 6.45) is -0.993. The number of ether oxygens (including phenoxy) is 1. The number of aliphatic hydroxyl groups is 1. The predicted octanol–water partition coefficient (Wildman–Crippen LogP) is -1.37. The molecule has 2 atom stereocenters. The molecule has 0 saturated heterocycles. The number of aliphatic hydroxyl groups excluding tert-OH is 1. The van der Waals surface area contributed by atoms with Crippen LogP contribution in [0.2, 0.25) is 0 Å². The molecule has 0 aliphatic heterocycles. The van der Waals surface area contributed by atoms with E-state index in [2.05, 4.69) is 0 Å². The summed E-state index contributed by atoms with van der Waals surface area (Å²) in [5.41, 5.74) is 10.3. The second kappa shape index (κ2) is 4.69. The Kier molecular flexibility index (Phi) is 4.61. The smallest absolute Gasteiger partial charge is 0.167 e. The average Bonchev–Trinajstić information content (AvgIpc) is 1.87. The minimum atomic E-state index is -0.872. The highest BCUT2D eigenvalue weighted by molar-refractivity contribution is 4.50. The minimum Gasteiger partial charge on any atom is -0.367 e. The Balaban J connectivity index is 3.22. The summed E-state index contributed by atoms with van der Waals surface area (Å²) in [4.78, 5) is 0. The molecule has 0 aliphatic rings. The third kappa shape index (κ3) is 4.35. The van der Waals surface area contributed by atoms with Crippen molar-refractivity contribution in [1.82, 2.24) is 0 Å². The van der Waals surface area contributed by atoms with E-state index in [0.29, 0.717) is 6.54 Å². The van der Waals surface area contributed by atoms with Crippen LogP contribution >= 0.6 is 0 Å². The molecule has 0 spiro atoms. The molecule has 0 radical (unpaired) electrons. The standard InChI is InChI=1S/C5H14N2O2/c1-4(2-6)9-5(8)3-7/h4-5,8H,2-3,6-7H2,1H3. The van der Waals surface area contributed by atoms with Crippen LogP contribution < -0.4 is 11.5 Å². The molecule has 0 heterocycles. The molecule has 4 nitrogen and oxygen atoms in total. The Morgan fingerprint density at radius 3 is 2.33 bits per heavy atom. The first-order valence-electron chi connectivity index (χ1n) is 2.94. The number of nitrogens with two attached hydrogens (primary N) is 2. The molecule has 0 rings (SSSR count). The summed E-state index contributed by atoms with van der Waals surface area (Å²) in [5.74, 6) is 0. The quantitative estimate of drug-likeness (QED) is 0.414. The van der Waals surface area contributed by atoms with E-state index in [1.165, 1.54) is 0 Å². The molecule has 56 valence electrons. The molecule has 0 saturated carbocycles. The van der Waals surface area contributed by atoms with Crippen molar-refractivity contribution < 1.29 is 9.84 Å². The summed E-state index contributed by atoms with van der Waals surface area (Å²) in [6.45, 7) is 2.29. The largest absolute Gasteiger partial charge is 0.367 e. The van der Waals surface area contributed by atoms with Gasteiger partial charge in [0.1, 0.15) is 0 Å². The topological polar surface area (TPSA) is 81.5 Å². The fourth-order valence-corrected chi connectivity index (χ4v) is 0.379. The van der Waals surface area contributed by atoms with Crippen molar-refractivity contribution in [2.45, 2.75) is 19.3 Å². The molecule has 2 unspecified atom stereocenters. The number of hydrogen-bond donors (Lipinski definition) is 3. The maximum absolute atomic E-state index is 8.76. The second-order valence-corrected chi connectivity index (χ2v) is 1.87. The third-order valence-corrected chi connectivity index (χ3v) is 0.923. The van der Waals surface area contributed by atoms with E-state index < -0.39 is 6.29 Å². The van der Waals surface area contributed by atoms with Gasteiger partial charge in [0.05, 0.1) is 6.10 Å². The van der Waals surface area contributed by atoms with E-state index in [0.717, 1.165) is 0 Å². The third-order valence-electron chi connectivity index (χ3n) is 0.923. The molecule has 0 aromatic carbocycles. The highest BCUT2D eigenvalue weighted by atomic mass is 16.6. The summed E-state index contributed by atoms with van der Waals surface area (Å²) < 4.78 is 4.85. The van der Waals surface area contributed by atoms with Gasteiger partial charge in [-0.3, -0.25) is 0 Å². The minimum absolute atomic E-state index is 0.115. The molecule has 5 N–H and O–H groups in total. The fourth-order valence-electron chi connectivity index (χ4n) is 0.379. The van der Waals surface area contributed by atoms with Gasteiger partial charge in [-0.15, -0.1) is 0 Å². The Morgan fingerprint density at radius 2 is 2.00 bits per heavy atom. The van der Waals surface area contributed by atoms with E-state index in [-0.39, 0.29) is 12.6 Å². The van der Waals surface area contributed by atoms with E-state index >= 15 is 0 Å². The summed E-state index contributed by atoms with van der Waals surface area (Å²) in [5, 5.41) is 8.76. The molecule has 4 heteroatoms. The van der Waals surface area contributed by atoms with Crippen molar-refractivity contribution in [3.8, 4) is 0 Å². The zero-order valence-corrected chi connectivity index (χ0v) is 5.58. The Morgan fingerprint density at radius 1 is 1.44 bits per heavy atom. The lowest BCUT2D eigenvalue weighted by molar-refractivity contribution is -0.120. The van der Waals surface area contributed by atoms with E-state index in [1.807, 2.05) is 0 Å². The molecule has 9 heavy (non-hydrogen) atoms. The molecular formula is C5H14N2O2. The highest BCUT2D eigenvalue weighted by Gasteiger charge is 2.04. The molecule has 0 bridgehead atoms. The van der Waals surface area contributed by atoms with E-state index in [1.54, 1.807) is 6.92 Å². The van der Waals surface area contributed by atoms with Crippen LogP contribution in [-0.2, 0) is 4.74 Å². The lowest BCUT2D eigenvalue weighted by atomic mass is 10.4. The maximum Gasteiger partial charge on any atom is 0.167 e. The Labute approximate surface area is 54.8 Å². The van der Waals surface area contributed by atoms with Gasteiger partial charge in [0.2, 0.25) is 0 Å². The molecular weight excluding hydrogens is 120 g/mol. The van der Waals surface area contributed by atoms with Crippen molar-refractivity contribution in [2.75, 3.05) is 13.1 Å². The lowest BCUT2D eigenvalue weighted by Crippen LogP contribution is -2.31. The van der Waals surface area contributed by atoms with Gasteiger partial charge in [0.15, 0.2) is 6.29 Å². The van der Waals surface area contributed by atoms with Crippen molar-refractivity contribution in [3.63, 3.8) is 0 Å². The maximum atomic E-state index is 8.76. The van der Waals surface area contributed by atoms with Crippen molar-refractivity contribution in [3.05, 3.63) is 0 Å².